The first-order chi connectivity index (χ1) is 13.4. The number of likely N-dealkylation sites (N-methyl/N-ethyl adjacent to an activating group) is 1. The molecule has 154 valence electrons. The smallest absolute Gasteiger partial charge is 0.317 e. The number of hydrogen-bond acceptors (Lipinski definition) is 5. The largest absolute Gasteiger partial charge is 0.494 e. The number of carbonyl (C=O) groups excluding carboxylic acids is 2. The van der Waals surface area contributed by atoms with Crippen molar-refractivity contribution in [3.8, 4) is 5.75 Å². The van der Waals surface area contributed by atoms with Crippen molar-refractivity contribution in [2.24, 2.45) is 0 Å². The molecule has 1 fully saturated rings. The van der Waals surface area contributed by atoms with Crippen LogP contribution in [-0.2, 0) is 9.59 Å². The number of anilines is 1. The van der Waals surface area contributed by atoms with Crippen LogP contribution in [-0.4, -0.2) is 66.2 Å². The summed E-state index contributed by atoms with van der Waals surface area (Å²) in [5.41, 5.74) is 0.621. The molecule has 4 N–H and O–H groups in total. The Morgan fingerprint density at radius 2 is 1.86 bits per heavy atom. The summed E-state index contributed by atoms with van der Waals surface area (Å²) in [4.78, 5) is 36.6. The highest BCUT2D eigenvalue weighted by molar-refractivity contribution is 5.94. The minimum atomic E-state index is -0.852. The molecule has 1 aromatic rings. The number of amides is 3. The van der Waals surface area contributed by atoms with Gasteiger partial charge in [0, 0.05) is 17.8 Å². The van der Waals surface area contributed by atoms with E-state index < -0.39 is 12.0 Å². The molecule has 0 aliphatic heterocycles. The Kier molecular flexibility index (Phi) is 8.06. The zero-order chi connectivity index (χ0) is 20.5. The average molecular weight is 392 g/mol. The van der Waals surface area contributed by atoms with E-state index in [0.29, 0.717) is 31.7 Å². The summed E-state index contributed by atoms with van der Waals surface area (Å²) in [6, 6.07) is 6.72. The number of carbonyl (C=O) groups is 3. The van der Waals surface area contributed by atoms with Gasteiger partial charge in [0.05, 0.1) is 19.7 Å². The number of rotatable bonds is 10. The van der Waals surface area contributed by atoms with E-state index in [9.17, 15) is 14.4 Å². The monoisotopic (exact) mass is 392 g/mol. The van der Waals surface area contributed by atoms with Crippen LogP contribution in [0.15, 0.2) is 24.3 Å². The van der Waals surface area contributed by atoms with E-state index in [1.807, 2.05) is 18.7 Å². The molecule has 3 amide bonds. The third-order valence-corrected chi connectivity index (χ3v) is 4.57. The number of benzene rings is 1. The lowest BCUT2D eigenvalue weighted by atomic mass is 9.85. The van der Waals surface area contributed by atoms with Crippen molar-refractivity contribution in [1.29, 1.82) is 0 Å². The van der Waals surface area contributed by atoms with Gasteiger partial charge in [-0.3, -0.25) is 14.5 Å². The molecular weight excluding hydrogens is 364 g/mol. The maximum Gasteiger partial charge on any atom is 0.317 e. The molecule has 0 unspecified atom stereocenters. The second kappa shape index (κ2) is 10.5. The first-order valence-corrected chi connectivity index (χ1v) is 9.44. The van der Waals surface area contributed by atoms with Crippen molar-refractivity contribution in [1.82, 2.24) is 15.5 Å². The number of urea groups is 1. The molecule has 0 radical (unpaired) electrons. The van der Waals surface area contributed by atoms with Crippen molar-refractivity contribution < 1.29 is 24.2 Å². The Morgan fingerprint density at radius 3 is 2.43 bits per heavy atom. The van der Waals surface area contributed by atoms with Gasteiger partial charge in [0.1, 0.15) is 5.75 Å². The van der Waals surface area contributed by atoms with Crippen LogP contribution < -0.4 is 20.7 Å². The minimum absolute atomic E-state index is 0.00576. The van der Waals surface area contributed by atoms with Crippen LogP contribution in [0.25, 0.3) is 0 Å². The SMILES string of the molecule is CCOc1ccc(NC(=O)CNC(=O)NC2CC(N(CC)CC(=O)O)C2)cc1. The van der Waals surface area contributed by atoms with Crippen LogP contribution >= 0.6 is 0 Å². The van der Waals surface area contributed by atoms with Crippen LogP contribution in [0, 0.1) is 0 Å². The Labute approximate surface area is 164 Å². The zero-order valence-corrected chi connectivity index (χ0v) is 16.2. The maximum atomic E-state index is 11.9. The average Bonchev–Trinajstić information content (AvgIpc) is 2.62. The third kappa shape index (κ3) is 6.73. The topological polar surface area (TPSA) is 120 Å². The summed E-state index contributed by atoms with van der Waals surface area (Å²) < 4.78 is 5.34. The van der Waals surface area contributed by atoms with E-state index >= 15 is 0 Å². The first-order valence-electron chi connectivity index (χ1n) is 9.44. The summed E-state index contributed by atoms with van der Waals surface area (Å²) in [7, 11) is 0. The van der Waals surface area contributed by atoms with Gasteiger partial charge in [0.15, 0.2) is 0 Å². The van der Waals surface area contributed by atoms with Gasteiger partial charge in [0.25, 0.3) is 0 Å². The molecular formula is C19H28N4O5. The van der Waals surface area contributed by atoms with Crippen LogP contribution in [0.4, 0.5) is 10.5 Å². The number of nitrogens with one attached hydrogen (secondary N) is 3. The van der Waals surface area contributed by atoms with Gasteiger partial charge in [-0.15, -0.1) is 0 Å². The lowest BCUT2D eigenvalue weighted by molar-refractivity contribution is -0.139. The highest BCUT2D eigenvalue weighted by Gasteiger charge is 2.34. The molecule has 0 spiro atoms. The molecule has 0 atom stereocenters. The number of nitrogens with zero attached hydrogens (tertiary/aromatic N) is 1. The second-order valence-electron chi connectivity index (χ2n) is 6.61. The molecule has 9 nitrogen and oxygen atoms in total. The van der Waals surface area contributed by atoms with Crippen molar-refractivity contribution in [2.75, 3.05) is 31.6 Å². The fraction of sp³-hybridized carbons (Fsp3) is 0.526. The predicted molar refractivity (Wildman–Crippen MR) is 104 cm³/mol. The van der Waals surface area contributed by atoms with E-state index in [0.717, 1.165) is 5.75 Å². The third-order valence-electron chi connectivity index (χ3n) is 4.57. The van der Waals surface area contributed by atoms with Crippen LogP contribution in [0.1, 0.15) is 26.7 Å². The summed E-state index contributed by atoms with van der Waals surface area (Å²) >= 11 is 0. The van der Waals surface area contributed by atoms with Gasteiger partial charge in [-0.1, -0.05) is 6.92 Å². The molecule has 0 bridgehead atoms. The van der Waals surface area contributed by atoms with Crippen LogP contribution in [0.3, 0.4) is 0 Å². The fourth-order valence-electron chi connectivity index (χ4n) is 3.08. The zero-order valence-electron chi connectivity index (χ0n) is 16.2. The number of hydrogen-bond donors (Lipinski definition) is 4. The summed E-state index contributed by atoms with van der Waals surface area (Å²) in [5.74, 6) is -0.458. The normalized spacial score (nSPS) is 18.1. The van der Waals surface area contributed by atoms with Crippen LogP contribution in [0.2, 0.25) is 0 Å². The Hall–Kier alpha value is -2.81. The predicted octanol–water partition coefficient (Wildman–Crippen LogP) is 1.26. The summed E-state index contributed by atoms with van der Waals surface area (Å²) in [6.45, 7) is 4.90. The fourth-order valence-corrected chi connectivity index (χ4v) is 3.08. The highest BCUT2D eigenvalue weighted by atomic mass is 16.5. The molecule has 28 heavy (non-hydrogen) atoms. The van der Waals surface area contributed by atoms with Crippen molar-refractivity contribution >= 4 is 23.6 Å². The second-order valence-corrected chi connectivity index (χ2v) is 6.61. The highest BCUT2D eigenvalue weighted by Crippen LogP contribution is 2.25. The standard InChI is InChI=1S/C19H28N4O5/c1-3-23(12-18(25)26)15-9-14(10-15)22-19(27)20-11-17(24)21-13-5-7-16(8-6-13)28-4-2/h5-8,14-15H,3-4,9-12H2,1-2H3,(H,21,24)(H,25,26)(H2,20,22,27). The Bertz CT molecular complexity index is 673. The molecule has 1 aliphatic rings. The quantitative estimate of drug-likeness (QED) is 0.476. The lowest BCUT2D eigenvalue weighted by Gasteiger charge is -2.42. The van der Waals surface area contributed by atoms with E-state index in [1.165, 1.54) is 0 Å². The van der Waals surface area contributed by atoms with Gasteiger partial charge in [-0.25, -0.2) is 4.79 Å². The number of aliphatic carboxylic acids is 1. The molecule has 9 heteroatoms. The summed E-state index contributed by atoms with van der Waals surface area (Å²) in [5, 5.41) is 16.9. The van der Waals surface area contributed by atoms with Gasteiger partial charge in [-0.2, -0.15) is 0 Å². The van der Waals surface area contributed by atoms with Gasteiger partial charge in [0.2, 0.25) is 5.91 Å². The summed E-state index contributed by atoms with van der Waals surface area (Å²) in [6.07, 6.45) is 1.40. The van der Waals surface area contributed by atoms with Crippen molar-refractivity contribution in [3.63, 3.8) is 0 Å². The van der Waals surface area contributed by atoms with Crippen molar-refractivity contribution in [2.45, 2.75) is 38.8 Å². The molecule has 1 saturated carbocycles. The van der Waals surface area contributed by atoms with E-state index in [1.54, 1.807) is 24.3 Å². The van der Waals surface area contributed by atoms with Crippen molar-refractivity contribution in [3.05, 3.63) is 24.3 Å². The molecule has 2 rings (SSSR count). The first kappa shape index (κ1) is 21.5. The van der Waals surface area contributed by atoms with Gasteiger partial charge < -0.3 is 25.8 Å². The van der Waals surface area contributed by atoms with Gasteiger partial charge in [-0.05, 0) is 50.6 Å². The number of carboxylic acids is 1. The van der Waals surface area contributed by atoms with E-state index in [2.05, 4.69) is 16.0 Å². The Morgan fingerprint density at radius 1 is 1.18 bits per heavy atom. The van der Waals surface area contributed by atoms with E-state index in [4.69, 9.17) is 9.84 Å². The molecule has 0 aromatic heterocycles. The molecule has 0 heterocycles. The molecule has 0 saturated heterocycles. The molecule has 1 aliphatic carbocycles. The van der Waals surface area contributed by atoms with Gasteiger partial charge >= 0.3 is 12.0 Å². The molecule has 1 aromatic carbocycles. The lowest BCUT2D eigenvalue weighted by Crippen LogP contribution is -2.56. The number of ether oxygens (including phenoxy) is 1. The number of carboxylic acid groups (broad SMARTS) is 1. The Balaban J connectivity index is 1.64. The van der Waals surface area contributed by atoms with E-state index in [-0.39, 0.29) is 31.1 Å². The van der Waals surface area contributed by atoms with Crippen LogP contribution in [0.5, 0.6) is 5.75 Å². The minimum Gasteiger partial charge on any atom is -0.494 e. The maximum absolute atomic E-state index is 11.9.